The topological polar surface area (TPSA) is 80.7 Å². The van der Waals surface area contributed by atoms with Crippen molar-refractivity contribution in [3.8, 4) is 0 Å². The SMILES string of the molecule is CCCCCCCCCCCCCCCCCCOC(=O)CS(=O)(=O)O.[Na]. The van der Waals surface area contributed by atoms with Crippen LogP contribution in [0.3, 0.4) is 0 Å². The van der Waals surface area contributed by atoms with Gasteiger partial charge in [-0.05, 0) is 6.42 Å². The molecule has 0 atom stereocenters. The summed E-state index contributed by atoms with van der Waals surface area (Å²) in [5.41, 5.74) is 0. The minimum absolute atomic E-state index is 0. The van der Waals surface area contributed by atoms with E-state index in [2.05, 4.69) is 6.92 Å². The third-order valence-corrected chi connectivity index (χ3v) is 5.16. The number of esters is 1. The first-order chi connectivity index (χ1) is 12.5. The first-order valence-corrected chi connectivity index (χ1v) is 12.2. The molecule has 0 spiro atoms. The summed E-state index contributed by atoms with van der Waals surface area (Å²) in [4.78, 5) is 11.1. The maximum atomic E-state index is 11.1. The third-order valence-electron chi connectivity index (χ3n) is 4.56. The van der Waals surface area contributed by atoms with Gasteiger partial charge in [0.15, 0.2) is 5.75 Å². The van der Waals surface area contributed by atoms with E-state index in [1.165, 1.54) is 83.5 Å². The molecule has 1 radical (unpaired) electrons. The summed E-state index contributed by atoms with van der Waals surface area (Å²) in [6.45, 7) is 2.49. The Balaban J connectivity index is 0. The molecule has 0 rings (SSSR count). The van der Waals surface area contributed by atoms with Crippen LogP contribution in [-0.4, -0.2) is 60.9 Å². The Morgan fingerprint density at radius 1 is 0.704 bits per heavy atom. The van der Waals surface area contributed by atoms with Crippen molar-refractivity contribution < 1.29 is 22.5 Å². The summed E-state index contributed by atoms with van der Waals surface area (Å²) in [6.07, 6.45) is 20.4. The fourth-order valence-electron chi connectivity index (χ4n) is 3.03. The van der Waals surface area contributed by atoms with Crippen LogP contribution in [0.5, 0.6) is 0 Å². The van der Waals surface area contributed by atoms with Gasteiger partial charge in [-0.2, -0.15) is 8.42 Å². The van der Waals surface area contributed by atoms with Gasteiger partial charge in [0.05, 0.1) is 6.61 Å². The smallest absolute Gasteiger partial charge is 0.323 e. The van der Waals surface area contributed by atoms with Crippen molar-refractivity contribution in [2.45, 2.75) is 110 Å². The molecule has 7 heteroatoms. The first kappa shape index (κ1) is 29.6. The zero-order chi connectivity index (χ0) is 19.5. The van der Waals surface area contributed by atoms with Crippen molar-refractivity contribution in [3.05, 3.63) is 0 Å². The molecule has 0 unspecified atom stereocenters. The number of rotatable bonds is 19. The Hall–Kier alpha value is 0.380. The second kappa shape index (κ2) is 21.1. The molecule has 0 amide bonds. The molecule has 0 aromatic rings. The largest absolute Gasteiger partial charge is 0.465 e. The van der Waals surface area contributed by atoms with Crippen molar-refractivity contribution in [2.75, 3.05) is 12.4 Å². The van der Waals surface area contributed by atoms with Crippen LogP contribution in [0.2, 0.25) is 0 Å². The maximum Gasteiger partial charge on any atom is 0.323 e. The third kappa shape index (κ3) is 26.4. The average Bonchev–Trinajstić information content (AvgIpc) is 2.56. The van der Waals surface area contributed by atoms with Gasteiger partial charge in [-0.25, -0.2) is 0 Å². The number of ether oxygens (including phenoxy) is 1. The summed E-state index contributed by atoms with van der Waals surface area (Å²) in [5.74, 6) is -1.83. The molecule has 0 saturated carbocycles. The Morgan fingerprint density at radius 3 is 1.37 bits per heavy atom. The standard InChI is InChI=1S/C20H40O5S.Na/c1-2-3-4-5-6-7-8-9-10-11-12-13-14-15-16-17-18-25-20(21)19-26(22,23)24;/h2-19H2,1H3,(H,22,23,24);. The molecule has 0 aromatic carbocycles. The summed E-state index contributed by atoms with van der Waals surface area (Å²) >= 11 is 0. The van der Waals surface area contributed by atoms with Gasteiger partial charge in [0.25, 0.3) is 10.1 Å². The molecule has 0 bridgehead atoms. The van der Waals surface area contributed by atoms with Gasteiger partial charge in [-0.3, -0.25) is 9.35 Å². The maximum absolute atomic E-state index is 11.1. The Morgan fingerprint density at radius 2 is 1.04 bits per heavy atom. The molecular weight excluding hydrogens is 375 g/mol. The van der Waals surface area contributed by atoms with E-state index in [-0.39, 0.29) is 36.2 Å². The summed E-state index contributed by atoms with van der Waals surface area (Å²) in [7, 11) is -4.27. The molecule has 0 fully saturated rings. The van der Waals surface area contributed by atoms with Crippen molar-refractivity contribution in [1.82, 2.24) is 0 Å². The van der Waals surface area contributed by atoms with Crippen LogP contribution in [0.15, 0.2) is 0 Å². The molecule has 0 aromatic heterocycles. The van der Waals surface area contributed by atoms with Gasteiger partial charge in [0.1, 0.15) is 0 Å². The van der Waals surface area contributed by atoms with Crippen LogP contribution in [0.1, 0.15) is 110 Å². The summed E-state index contributed by atoms with van der Waals surface area (Å²) in [6, 6.07) is 0. The van der Waals surface area contributed by atoms with E-state index >= 15 is 0 Å². The molecule has 157 valence electrons. The molecular formula is C20H40NaO5S. The number of carbonyl (C=O) groups excluding carboxylic acids is 1. The van der Waals surface area contributed by atoms with Gasteiger partial charge in [0, 0.05) is 29.6 Å². The van der Waals surface area contributed by atoms with Crippen LogP contribution < -0.4 is 0 Å². The summed E-state index contributed by atoms with van der Waals surface area (Å²) in [5, 5.41) is 0. The van der Waals surface area contributed by atoms with E-state index in [1.54, 1.807) is 0 Å². The number of hydrogen-bond donors (Lipinski definition) is 1. The number of carbonyl (C=O) groups is 1. The molecule has 0 heterocycles. The Bertz CT molecular complexity index is 426. The molecule has 0 aliphatic heterocycles. The van der Waals surface area contributed by atoms with E-state index in [1.807, 2.05) is 0 Å². The van der Waals surface area contributed by atoms with Crippen LogP contribution in [0, 0.1) is 0 Å². The first-order valence-electron chi connectivity index (χ1n) is 10.6. The quantitative estimate of drug-likeness (QED) is 0.134. The molecule has 5 nitrogen and oxygen atoms in total. The Kier molecular flexibility index (Phi) is 23.1. The van der Waals surface area contributed by atoms with Crippen molar-refractivity contribution in [1.29, 1.82) is 0 Å². The van der Waals surface area contributed by atoms with Crippen molar-refractivity contribution in [2.24, 2.45) is 0 Å². The predicted octanol–water partition coefficient (Wildman–Crippen LogP) is 5.30. The van der Waals surface area contributed by atoms with Gasteiger partial charge in [0.2, 0.25) is 0 Å². The minimum Gasteiger partial charge on any atom is -0.465 e. The molecule has 0 aliphatic rings. The monoisotopic (exact) mass is 415 g/mol. The normalized spacial score (nSPS) is 11.2. The average molecular weight is 416 g/mol. The van der Waals surface area contributed by atoms with E-state index in [4.69, 9.17) is 9.29 Å². The molecule has 0 aliphatic carbocycles. The van der Waals surface area contributed by atoms with Crippen molar-refractivity contribution >= 4 is 45.6 Å². The number of unbranched alkanes of at least 4 members (excludes halogenated alkanes) is 15. The fraction of sp³-hybridized carbons (Fsp3) is 0.950. The van der Waals surface area contributed by atoms with E-state index < -0.39 is 21.8 Å². The van der Waals surface area contributed by atoms with E-state index in [0.717, 1.165) is 19.3 Å². The number of hydrogen-bond acceptors (Lipinski definition) is 4. The minimum atomic E-state index is -4.27. The second-order valence-corrected chi connectivity index (χ2v) is 8.70. The van der Waals surface area contributed by atoms with E-state index in [9.17, 15) is 13.2 Å². The van der Waals surface area contributed by atoms with Crippen LogP contribution in [0.4, 0.5) is 0 Å². The van der Waals surface area contributed by atoms with Crippen molar-refractivity contribution in [3.63, 3.8) is 0 Å². The fourth-order valence-corrected chi connectivity index (χ4v) is 3.41. The zero-order valence-electron chi connectivity index (χ0n) is 17.7. The van der Waals surface area contributed by atoms with E-state index in [0.29, 0.717) is 0 Å². The van der Waals surface area contributed by atoms with Gasteiger partial charge < -0.3 is 4.74 Å². The van der Waals surface area contributed by atoms with Crippen LogP contribution >= 0.6 is 0 Å². The van der Waals surface area contributed by atoms with Crippen LogP contribution in [-0.2, 0) is 19.6 Å². The molecule has 0 saturated heterocycles. The zero-order valence-corrected chi connectivity index (χ0v) is 20.5. The van der Waals surface area contributed by atoms with Gasteiger partial charge >= 0.3 is 5.97 Å². The summed E-state index contributed by atoms with van der Waals surface area (Å²) < 4.78 is 34.2. The van der Waals surface area contributed by atoms with Crippen LogP contribution in [0.25, 0.3) is 0 Å². The second-order valence-electron chi connectivity index (χ2n) is 7.25. The Labute approximate surface area is 189 Å². The van der Waals surface area contributed by atoms with Gasteiger partial charge in [-0.1, -0.05) is 103 Å². The molecule has 27 heavy (non-hydrogen) atoms. The molecule has 1 N–H and O–H groups in total. The van der Waals surface area contributed by atoms with Gasteiger partial charge in [-0.15, -0.1) is 0 Å². The predicted molar refractivity (Wildman–Crippen MR) is 113 cm³/mol.